The van der Waals surface area contributed by atoms with Crippen molar-refractivity contribution in [1.82, 2.24) is 0 Å². The molecule has 0 aromatic heterocycles. The van der Waals surface area contributed by atoms with Crippen molar-refractivity contribution < 1.29 is 28.6 Å². The zero-order chi connectivity index (χ0) is 50.7. The predicted octanol–water partition coefficient (Wildman–Crippen LogP) is 18.6. The molecule has 70 heavy (non-hydrogen) atoms. The van der Waals surface area contributed by atoms with E-state index in [-0.39, 0.29) is 38.0 Å². The number of unbranched alkanes of at least 4 members (excludes halogenated alkanes) is 10. The molecule has 0 heterocycles. The van der Waals surface area contributed by atoms with Crippen molar-refractivity contribution in [2.75, 3.05) is 13.2 Å². The monoisotopic (exact) mass is 963 g/mol. The summed E-state index contributed by atoms with van der Waals surface area (Å²) in [5, 5.41) is 0. The Morgan fingerprint density at radius 3 is 0.929 bits per heavy atom. The summed E-state index contributed by atoms with van der Waals surface area (Å²) in [7, 11) is 0. The van der Waals surface area contributed by atoms with Crippen LogP contribution < -0.4 is 0 Å². The van der Waals surface area contributed by atoms with Crippen molar-refractivity contribution in [2.45, 2.75) is 213 Å². The van der Waals surface area contributed by atoms with Crippen LogP contribution in [0, 0.1) is 0 Å². The number of ether oxygens (including phenoxy) is 3. The van der Waals surface area contributed by atoms with E-state index in [1.807, 2.05) is 12.2 Å². The highest BCUT2D eigenvalue weighted by Gasteiger charge is 2.19. The first kappa shape index (κ1) is 65.0. The van der Waals surface area contributed by atoms with Gasteiger partial charge in [-0.1, -0.05) is 237 Å². The SMILES string of the molecule is CC/C=C\C/C=C\C/C=C\C/C=C\C/C=C\C/C=C\C/C=C\C/C=C\C/C=C\CCCC(=O)OCC(COC(=O)CCCCCCCCCCCC)OC(=O)CC/C=C\C/C=C\C/C=C\C/C=C\CC. The van der Waals surface area contributed by atoms with Gasteiger partial charge in [-0.15, -0.1) is 0 Å². The third-order valence-electron chi connectivity index (χ3n) is 10.8. The van der Waals surface area contributed by atoms with Gasteiger partial charge in [0, 0.05) is 19.3 Å². The minimum atomic E-state index is -0.844. The van der Waals surface area contributed by atoms with Crippen LogP contribution >= 0.6 is 0 Å². The normalized spacial score (nSPS) is 13.4. The van der Waals surface area contributed by atoms with Gasteiger partial charge < -0.3 is 14.2 Å². The van der Waals surface area contributed by atoms with Crippen molar-refractivity contribution in [3.8, 4) is 0 Å². The molecule has 0 aliphatic heterocycles. The van der Waals surface area contributed by atoms with Gasteiger partial charge in [0.05, 0.1) is 0 Å². The molecule has 0 bridgehead atoms. The Morgan fingerprint density at radius 1 is 0.300 bits per heavy atom. The smallest absolute Gasteiger partial charge is 0.306 e. The average molecular weight is 963 g/mol. The summed E-state index contributed by atoms with van der Waals surface area (Å²) in [5.74, 6) is -1.09. The second-order valence-electron chi connectivity index (χ2n) is 17.4. The molecule has 0 spiro atoms. The fraction of sp³-hybridized carbons (Fsp3) is 0.547. The number of carbonyl (C=O) groups excluding carboxylic acids is 3. The molecule has 1 unspecified atom stereocenters. The Hall–Kier alpha value is -4.97. The van der Waals surface area contributed by atoms with Crippen LogP contribution in [0.5, 0.6) is 0 Å². The van der Waals surface area contributed by atoms with Crippen molar-refractivity contribution in [3.63, 3.8) is 0 Å². The van der Waals surface area contributed by atoms with Crippen molar-refractivity contribution in [1.29, 1.82) is 0 Å². The highest BCUT2D eigenvalue weighted by Crippen LogP contribution is 2.12. The number of hydrogen-bond donors (Lipinski definition) is 0. The maximum Gasteiger partial charge on any atom is 0.306 e. The molecule has 0 fully saturated rings. The second kappa shape index (κ2) is 56.6. The molecule has 1 atom stereocenters. The molecule has 0 aliphatic rings. The quantitative estimate of drug-likeness (QED) is 0.0262. The van der Waals surface area contributed by atoms with Crippen molar-refractivity contribution in [3.05, 3.63) is 158 Å². The zero-order valence-corrected chi connectivity index (χ0v) is 44.5. The molecule has 6 heteroatoms. The Balaban J connectivity index is 4.44. The standard InChI is InChI=1S/C64H98O6/c1-4-7-10-13-16-19-22-24-25-26-27-28-29-30-31-32-33-34-35-36-37-38-39-41-42-45-48-51-54-57-63(66)69-60-61(59-68-62(65)56-53-50-47-44-21-18-15-12-9-6-3)70-64(67)58-55-52-49-46-43-40-23-20-17-14-11-8-5-2/h7-8,10-11,16-17,19-20,24-25,27-28,30-31,33-34,36-37,39-41,43,45,48-49,52,61H,4-6,9,12-15,18,21-23,26,29,32,35,38,42,44,46-47,50-51,53-60H2,1-3H3/b10-7-,11-8-,19-16-,20-17-,25-24-,28-27-,31-30-,34-33-,37-36-,41-39-,43-40-,48-45-,52-49-. The third kappa shape index (κ3) is 54.0. The van der Waals surface area contributed by atoms with Gasteiger partial charge in [-0.25, -0.2) is 0 Å². The summed E-state index contributed by atoms with van der Waals surface area (Å²) in [6, 6.07) is 0. The van der Waals surface area contributed by atoms with E-state index in [1.54, 1.807) is 0 Å². The Morgan fingerprint density at radius 2 is 0.586 bits per heavy atom. The lowest BCUT2D eigenvalue weighted by Crippen LogP contribution is -2.30. The molecule has 0 rings (SSSR count). The lowest BCUT2D eigenvalue weighted by atomic mass is 10.1. The zero-order valence-electron chi connectivity index (χ0n) is 44.5. The molecule has 390 valence electrons. The van der Waals surface area contributed by atoms with Crippen LogP contribution in [-0.2, 0) is 28.6 Å². The second-order valence-corrected chi connectivity index (χ2v) is 17.4. The van der Waals surface area contributed by atoms with Crippen LogP contribution in [0.2, 0.25) is 0 Å². The third-order valence-corrected chi connectivity index (χ3v) is 10.8. The molecule has 0 saturated heterocycles. The van der Waals surface area contributed by atoms with Gasteiger partial charge in [-0.3, -0.25) is 14.4 Å². The fourth-order valence-electron chi connectivity index (χ4n) is 6.75. The highest BCUT2D eigenvalue weighted by atomic mass is 16.6. The van der Waals surface area contributed by atoms with E-state index in [4.69, 9.17) is 14.2 Å². The molecular formula is C64H98O6. The summed E-state index contributed by atoms with van der Waals surface area (Å²) in [6.45, 7) is 6.25. The summed E-state index contributed by atoms with van der Waals surface area (Å²) in [5.41, 5.74) is 0. The topological polar surface area (TPSA) is 78.9 Å². The maximum absolute atomic E-state index is 12.7. The van der Waals surface area contributed by atoms with Gasteiger partial charge in [0.1, 0.15) is 13.2 Å². The van der Waals surface area contributed by atoms with E-state index < -0.39 is 12.1 Å². The minimum absolute atomic E-state index is 0.130. The first-order valence-corrected chi connectivity index (χ1v) is 27.5. The predicted molar refractivity (Wildman–Crippen MR) is 302 cm³/mol. The number of esters is 3. The number of allylic oxidation sites excluding steroid dienone is 26. The minimum Gasteiger partial charge on any atom is -0.462 e. The largest absolute Gasteiger partial charge is 0.462 e. The number of hydrogen-bond acceptors (Lipinski definition) is 6. The Bertz CT molecular complexity index is 1620. The first-order chi connectivity index (χ1) is 34.5. The van der Waals surface area contributed by atoms with Crippen LogP contribution in [-0.4, -0.2) is 37.2 Å². The lowest BCUT2D eigenvalue weighted by molar-refractivity contribution is -0.166. The van der Waals surface area contributed by atoms with E-state index in [9.17, 15) is 14.4 Å². The maximum atomic E-state index is 12.7. The highest BCUT2D eigenvalue weighted by molar-refractivity contribution is 5.71. The molecular weight excluding hydrogens is 865 g/mol. The molecule has 0 aromatic carbocycles. The van der Waals surface area contributed by atoms with E-state index in [0.29, 0.717) is 19.3 Å². The summed E-state index contributed by atoms with van der Waals surface area (Å²) >= 11 is 0. The van der Waals surface area contributed by atoms with E-state index in [0.717, 1.165) is 109 Å². The molecule has 0 aromatic rings. The van der Waals surface area contributed by atoms with Crippen molar-refractivity contribution >= 4 is 17.9 Å². The van der Waals surface area contributed by atoms with Crippen LogP contribution in [0.1, 0.15) is 207 Å². The van der Waals surface area contributed by atoms with Crippen LogP contribution in [0.15, 0.2) is 158 Å². The summed E-state index contributed by atoms with van der Waals surface area (Å²) in [4.78, 5) is 37.9. The average Bonchev–Trinajstić information content (AvgIpc) is 3.36. The van der Waals surface area contributed by atoms with Gasteiger partial charge in [0.15, 0.2) is 6.10 Å². The van der Waals surface area contributed by atoms with Gasteiger partial charge in [0.2, 0.25) is 0 Å². The molecule has 0 aliphatic carbocycles. The van der Waals surface area contributed by atoms with E-state index in [1.165, 1.54) is 44.9 Å². The van der Waals surface area contributed by atoms with Gasteiger partial charge >= 0.3 is 17.9 Å². The van der Waals surface area contributed by atoms with Crippen LogP contribution in [0.25, 0.3) is 0 Å². The first-order valence-electron chi connectivity index (χ1n) is 27.5. The fourth-order valence-corrected chi connectivity index (χ4v) is 6.75. The van der Waals surface area contributed by atoms with Crippen LogP contribution in [0.3, 0.4) is 0 Å². The summed E-state index contributed by atoms with van der Waals surface area (Å²) in [6.07, 6.45) is 82.6. The molecule has 0 saturated carbocycles. The Labute approximate surface area is 429 Å². The Kier molecular flexibility index (Phi) is 52.6. The number of rotatable bonds is 47. The van der Waals surface area contributed by atoms with Gasteiger partial charge in [0.25, 0.3) is 0 Å². The van der Waals surface area contributed by atoms with Gasteiger partial charge in [-0.05, 0) is 109 Å². The molecule has 6 nitrogen and oxygen atoms in total. The van der Waals surface area contributed by atoms with E-state index in [2.05, 4.69) is 167 Å². The summed E-state index contributed by atoms with van der Waals surface area (Å²) < 4.78 is 16.6. The lowest BCUT2D eigenvalue weighted by Gasteiger charge is -2.18. The van der Waals surface area contributed by atoms with E-state index >= 15 is 0 Å². The molecule has 0 radical (unpaired) electrons. The van der Waals surface area contributed by atoms with Crippen LogP contribution in [0.4, 0.5) is 0 Å². The molecule has 0 amide bonds. The number of carbonyl (C=O) groups is 3. The van der Waals surface area contributed by atoms with Crippen molar-refractivity contribution in [2.24, 2.45) is 0 Å². The molecule has 0 N–H and O–H groups in total. The van der Waals surface area contributed by atoms with Gasteiger partial charge in [-0.2, -0.15) is 0 Å².